The van der Waals surface area contributed by atoms with Gasteiger partial charge in [-0.1, -0.05) is 6.07 Å². The van der Waals surface area contributed by atoms with E-state index in [1.54, 1.807) is 38.2 Å². The van der Waals surface area contributed by atoms with Crippen LogP contribution in [0.5, 0.6) is 0 Å². The molecule has 2 N–H and O–H groups in total. The number of furan rings is 1. The zero-order valence-electron chi connectivity index (χ0n) is 11.2. The van der Waals surface area contributed by atoms with Gasteiger partial charge in [-0.05, 0) is 26.0 Å². The Morgan fingerprint density at radius 1 is 1.45 bits per heavy atom. The first-order chi connectivity index (χ1) is 9.44. The van der Waals surface area contributed by atoms with Crippen molar-refractivity contribution >= 4 is 10.0 Å². The molecule has 6 nitrogen and oxygen atoms in total. The lowest BCUT2D eigenvalue weighted by molar-refractivity contribution is 0.244. The molecular formula is C13H16N2O4S. The Bertz CT molecular complexity index is 680. The molecule has 20 heavy (non-hydrogen) atoms. The van der Waals surface area contributed by atoms with Crippen LogP contribution in [0.4, 0.5) is 0 Å². The summed E-state index contributed by atoms with van der Waals surface area (Å²) in [5, 5.41) is 8.98. The number of sulfonamides is 1. The highest BCUT2D eigenvalue weighted by Crippen LogP contribution is 2.22. The average molecular weight is 296 g/mol. The fourth-order valence-electron chi connectivity index (χ4n) is 1.86. The van der Waals surface area contributed by atoms with E-state index < -0.39 is 16.1 Å². The Morgan fingerprint density at radius 2 is 2.20 bits per heavy atom. The SMILES string of the molecule is Cc1oc(CO)cc1S(=O)(=O)NC(C)c1ccccn1. The van der Waals surface area contributed by atoms with Gasteiger partial charge in [0, 0.05) is 12.3 Å². The summed E-state index contributed by atoms with van der Waals surface area (Å²) in [4.78, 5) is 4.14. The van der Waals surface area contributed by atoms with E-state index in [9.17, 15) is 8.42 Å². The molecule has 0 aromatic carbocycles. The number of aliphatic hydroxyl groups excluding tert-OH is 1. The van der Waals surface area contributed by atoms with Crippen molar-refractivity contribution < 1.29 is 17.9 Å². The number of aryl methyl sites for hydroxylation is 1. The van der Waals surface area contributed by atoms with Crippen LogP contribution in [0.1, 0.15) is 30.2 Å². The molecule has 7 heteroatoms. The van der Waals surface area contributed by atoms with Gasteiger partial charge in [0.2, 0.25) is 10.0 Å². The Balaban J connectivity index is 2.25. The van der Waals surface area contributed by atoms with Crippen molar-refractivity contribution in [1.29, 1.82) is 0 Å². The second-order valence-electron chi connectivity index (χ2n) is 4.39. The van der Waals surface area contributed by atoms with Gasteiger partial charge in [-0.25, -0.2) is 13.1 Å². The predicted molar refractivity (Wildman–Crippen MR) is 72.3 cm³/mol. The largest absolute Gasteiger partial charge is 0.462 e. The third kappa shape index (κ3) is 3.06. The maximum Gasteiger partial charge on any atom is 0.244 e. The summed E-state index contributed by atoms with van der Waals surface area (Å²) in [5.41, 5.74) is 0.625. The maximum atomic E-state index is 12.3. The van der Waals surface area contributed by atoms with E-state index in [-0.39, 0.29) is 23.0 Å². The summed E-state index contributed by atoms with van der Waals surface area (Å²) in [5.74, 6) is 0.461. The van der Waals surface area contributed by atoms with Gasteiger partial charge in [0.05, 0.1) is 11.7 Å². The Labute approximate surface area is 117 Å². The number of aromatic nitrogens is 1. The number of rotatable bonds is 5. The molecule has 0 aliphatic heterocycles. The van der Waals surface area contributed by atoms with Crippen molar-refractivity contribution in [2.24, 2.45) is 0 Å². The fraction of sp³-hybridized carbons (Fsp3) is 0.308. The van der Waals surface area contributed by atoms with Crippen LogP contribution in [-0.4, -0.2) is 18.5 Å². The minimum atomic E-state index is -3.72. The quantitative estimate of drug-likeness (QED) is 0.872. The topological polar surface area (TPSA) is 92.4 Å². The summed E-state index contributed by atoms with van der Waals surface area (Å²) in [6.45, 7) is 2.91. The minimum Gasteiger partial charge on any atom is -0.462 e. The molecule has 0 fully saturated rings. The van der Waals surface area contributed by atoms with Crippen molar-refractivity contribution in [2.45, 2.75) is 31.4 Å². The lowest BCUT2D eigenvalue weighted by atomic mass is 10.2. The van der Waals surface area contributed by atoms with Crippen LogP contribution in [0.3, 0.4) is 0 Å². The minimum absolute atomic E-state index is 0.0318. The molecule has 0 aliphatic carbocycles. The molecule has 2 aromatic heterocycles. The summed E-state index contributed by atoms with van der Waals surface area (Å²) >= 11 is 0. The first-order valence-corrected chi connectivity index (χ1v) is 7.56. The van der Waals surface area contributed by atoms with E-state index in [1.807, 2.05) is 0 Å². The Kier molecular flexibility index (Phi) is 4.22. The summed E-state index contributed by atoms with van der Waals surface area (Å²) < 4.78 is 32.3. The molecule has 0 spiro atoms. The van der Waals surface area contributed by atoms with Crippen molar-refractivity contribution in [3.63, 3.8) is 0 Å². The molecule has 2 rings (SSSR count). The average Bonchev–Trinajstić information content (AvgIpc) is 2.81. The number of aliphatic hydroxyl groups is 1. The van der Waals surface area contributed by atoms with E-state index in [2.05, 4.69) is 9.71 Å². The number of pyridine rings is 1. The van der Waals surface area contributed by atoms with Gasteiger partial charge in [-0.2, -0.15) is 0 Å². The summed E-state index contributed by atoms with van der Waals surface area (Å²) in [6.07, 6.45) is 1.60. The van der Waals surface area contributed by atoms with E-state index in [4.69, 9.17) is 9.52 Å². The smallest absolute Gasteiger partial charge is 0.244 e. The van der Waals surface area contributed by atoms with E-state index >= 15 is 0 Å². The van der Waals surface area contributed by atoms with Crippen LogP contribution in [-0.2, 0) is 16.6 Å². The van der Waals surface area contributed by atoms with E-state index in [1.165, 1.54) is 6.07 Å². The van der Waals surface area contributed by atoms with Gasteiger partial charge in [0.15, 0.2) is 0 Å². The lowest BCUT2D eigenvalue weighted by Crippen LogP contribution is -2.27. The van der Waals surface area contributed by atoms with Crippen LogP contribution in [0, 0.1) is 6.92 Å². The van der Waals surface area contributed by atoms with Gasteiger partial charge in [0.25, 0.3) is 0 Å². The molecule has 0 amide bonds. The second kappa shape index (κ2) is 5.74. The van der Waals surface area contributed by atoms with Crippen molar-refractivity contribution in [3.05, 3.63) is 47.7 Å². The molecule has 1 atom stereocenters. The molecule has 2 heterocycles. The van der Waals surface area contributed by atoms with Crippen molar-refractivity contribution in [2.75, 3.05) is 0 Å². The summed E-state index contributed by atoms with van der Waals surface area (Å²) in [6, 6.07) is 6.16. The number of nitrogens with zero attached hydrogens (tertiary/aromatic N) is 1. The highest BCUT2D eigenvalue weighted by Gasteiger charge is 2.24. The van der Waals surface area contributed by atoms with Gasteiger partial charge < -0.3 is 9.52 Å². The normalized spacial score (nSPS) is 13.3. The van der Waals surface area contributed by atoms with Crippen molar-refractivity contribution in [1.82, 2.24) is 9.71 Å². The third-order valence-electron chi connectivity index (χ3n) is 2.83. The Hall–Kier alpha value is -1.70. The fourth-order valence-corrected chi connectivity index (χ4v) is 3.28. The monoisotopic (exact) mass is 296 g/mol. The lowest BCUT2D eigenvalue weighted by Gasteiger charge is -2.13. The van der Waals surface area contributed by atoms with Crippen LogP contribution in [0.25, 0.3) is 0 Å². The number of nitrogens with one attached hydrogen (secondary N) is 1. The summed E-state index contributed by atoms with van der Waals surface area (Å²) in [7, 11) is -3.72. The highest BCUT2D eigenvalue weighted by atomic mass is 32.2. The number of hydrogen-bond donors (Lipinski definition) is 2. The molecule has 0 saturated heterocycles. The van der Waals surface area contributed by atoms with Gasteiger partial charge >= 0.3 is 0 Å². The van der Waals surface area contributed by atoms with Crippen molar-refractivity contribution in [3.8, 4) is 0 Å². The van der Waals surface area contributed by atoms with Gasteiger partial charge in [-0.3, -0.25) is 4.98 Å². The maximum absolute atomic E-state index is 12.3. The zero-order chi connectivity index (χ0) is 14.8. The first kappa shape index (κ1) is 14.7. The molecule has 108 valence electrons. The van der Waals surface area contributed by atoms with Crippen LogP contribution >= 0.6 is 0 Å². The van der Waals surface area contributed by atoms with Crippen LogP contribution in [0.2, 0.25) is 0 Å². The molecular weight excluding hydrogens is 280 g/mol. The predicted octanol–water partition coefficient (Wildman–Crippen LogP) is 1.51. The molecule has 0 saturated carbocycles. The molecule has 1 unspecified atom stereocenters. The molecule has 0 aliphatic rings. The molecule has 0 radical (unpaired) electrons. The standard InChI is InChI=1S/C13H16N2O4S/c1-9(12-5-3-4-6-14-12)15-20(17,18)13-7-11(8-16)19-10(13)2/h3-7,9,15-16H,8H2,1-2H3. The van der Waals surface area contributed by atoms with Crippen LogP contribution < -0.4 is 4.72 Å². The first-order valence-electron chi connectivity index (χ1n) is 6.07. The Morgan fingerprint density at radius 3 is 2.75 bits per heavy atom. The van der Waals surface area contributed by atoms with Gasteiger partial charge in [-0.15, -0.1) is 0 Å². The third-order valence-corrected chi connectivity index (χ3v) is 4.48. The van der Waals surface area contributed by atoms with E-state index in [0.717, 1.165) is 0 Å². The second-order valence-corrected chi connectivity index (χ2v) is 6.07. The number of hydrogen-bond acceptors (Lipinski definition) is 5. The zero-order valence-corrected chi connectivity index (χ0v) is 12.0. The molecule has 0 bridgehead atoms. The van der Waals surface area contributed by atoms with E-state index in [0.29, 0.717) is 5.69 Å². The molecule has 2 aromatic rings. The van der Waals surface area contributed by atoms with Gasteiger partial charge in [0.1, 0.15) is 23.0 Å². The van der Waals surface area contributed by atoms with Crippen LogP contribution in [0.15, 0.2) is 39.8 Å². The highest BCUT2D eigenvalue weighted by molar-refractivity contribution is 7.89.